The number of nitrogens with zero attached hydrogens (tertiary/aromatic N) is 2. The van der Waals surface area contributed by atoms with Crippen molar-refractivity contribution >= 4 is 0 Å². The average Bonchev–Trinajstić information content (AvgIpc) is 2.72. The molecule has 1 saturated heterocycles. The molecule has 1 aliphatic heterocycles. The van der Waals surface area contributed by atoms with Gasteiger partial charge >= 0.3 is 0 Å². The highest BCUT2D eigenvalue weighted by Gasteiger charge is 2.38. The van der Waals surface area contributed by atoms with Crippen molar-refractivity contribution in [2.45, 2.75) is 31.6 Å². The van der Waals surface area contributed by atoms with Gasteiger partial charge in [0, 0.05) is 12.5 Å². The van der Waals surface area contributed by atoms with E-state index in [0.29, 0.717) is 11.8 Å². The highest BCUT2D eigenvalue weighted by Crippen LogP contribution is 2.45. The summed E-state index contributed by atoms with van der Waals surface area (Å²) in [6, 6.07) is 0. The van der Waals surface area contributed by atoms with E-state index >= 15 is 0 Å². The van der Waals surface area contributed by atoms with E-state index in [4.69, 9.17) is 4.52 Å². The van der Waals surface area contributed by atoms with Crippen LogP contribution in [0, 0.1) is 5.92 Å². The Bertz CT molecular complexity index is 330. The zero-order valence-corrected chi connectivity index (χ0v) is 8.36. The van der Waals surface area contributed by atoms with E-state index in [1.54, 1.807) is 0 Å². The maximum Gasteiger partial charge on any atom is 0.231 e. The van der Waals surface area contributed by atoms with Crippen LogP contribution in [0.15, 0.2) is 4.52 Å². The monoisotopic (exact) mass is 193 g/mol. The van der Waals surface area contributed by atoms with Crippen LogP contribution in [0.3, 0.4) is 0 Å². The topological polar surface area (TPSA) is 51.0 Å². The van der Waals surface area contributed by atoms with E-state index in [1.165, 1.54) is 6.42 Å². The van der Waals surface area contributed by atoms with Gasteiger partial charge in [0.1, 0.15) is 0 Å². The molecule has 3 rings (SSSR count). The fourth-order valence-electron chi connectivity index (χ4n) is 2.11. The molecule has 1 aromatic rings. The molecular weight excluding hydrogens is 178 g/mol. The fourth-order valence-corrected chi connectivity index (χ4v) is 2.11. The maximum absolute atomic E-state index is 5.30. The molecule has 3 unspecified atom stereocenters. The molecule has 2 aliphatic rings. The molecule has 1 aromatic heterocycles. The quantitative estimate of drug-likeness (QED) is 0.768. The van der Waals surface area contributed by atoms with Gasteiger partial charge in [-0.25, -0.2) is 0 Å². The van der Waals surface area contributed by atoms with Gasteiger partial charge in [-0.15, -0.1) is 0 Å². The van der Waals surface area contributed by atoms with Crippen LogP contribution in [-0.2, 0) is 0 Å². The molecule has 1 N–H and O–H groups in total. The molecule has 4 nitrogen and oxygen atoms in total. The second kappa shape index (κ2) is 3.05. The van der Waals surface area contributed by atoms with Crippen LogP contribution in [0.2, 0.25) is 0 Å². The molecule has 2 fully saturated rings. The third-order valence-electron chi connectivity index (χ3n) is 3.31. The molecule has 3 atom stereocenters. The zero-order valence-electron chi connectivity index (χ0n) is 8.36. The molecule has 0 amide bonds. The molecule has 1 saturated carbocycles. The molecule has 0 bridgehead atoms. The Labute approximate surface area is 83.1 Å². The largest absolute Gasteiger partial charge is 0.339 e. The summed E-state index contributed by atoms with van der Waals surface area (Å²) >= 11 is 0. The van der Waals surface area contributed by atoms with Crippen LogP contribution in [0.25, 0.3) is 0 Å². The smallest absolute Gasteiger partial charge is 0.231 e. The normalized spacial score (nSPS) is 36.2. The van der Waals surface area contributed by atoms with Crippen molar-refractivity contribution in [1.29, 1.82) is 0 Å². The van der Waals surface area contributed by atoms with Gasteiger partial charge in [-0.2, -0.15) is 4.98 Å². The molecule has 0 radical (unpaired) electrons. The molecule has 2 heterocycles. The predicted octanol–water partition coefficient (Wildman–Crippen LogP) is 1.27. The number of hydrogen-bond acceptors (Lipinski definition) is 4. The van der Waals surface area contributed by atoms with Gasteiger partial charge in [0.15, 0.2) is 5.82 Å². The van der Waals surface area contributed by atoms with Crippen molar-refractivity contribution in [2.24, 2.45) is 5.92 Å². The first-order chi connectivity index (χ1) is 6.84. The zero-order chi connectivity index (χ0) is 9.54. The summed E-state index contributed by atoms with van der Waals surface area (Å²) in [5, 5.41) is 7.37. The summed E-state index contributed by atoms with van der Waals surface area (Å²) in [7, 11) is 0. The lowest BCUT2D eigenvalue weighted by Gasteiger charge is -1.98. The second-order valence-electron chi connectivity index (χ2n) is 4.50. The van der Waals surface area contributed by atoms with E-state index < -0.39 is 0 Å². The Kier molecular flexibility index (Phi) is 1.83. The summed E-state index contributed by atoms with van der Waals surface area (Å²) in [6.45, 7) is 4.29. The molecule has 4 heteroatoms. The molecule has 14 heavy (non-hydrogen) atoms. The highest BCUT2D eigenvalue weighted by molar-refractivity contribution is 5.09. The lowest BCUT2D eigenvalue weighted by atomic mass is 10.1. The minimum absolute atomic E-state index is 0.449. The second-order valence-corrected chi connectivity index (χ2v) is 4.50. The molecule has 76 valence electrons. The van der Waals surface area contributed by atoms with Gasteiger partial charge in [0.05, 0.1) is 5.92 Å². The van der Waals surface area contributed by atoms with Crippen LogP contribution in [0.5, 0.6) is 0 Å². The first kappa shape index (κ1) is 8.41. The van der Waals surface area contributed by atoms with Crippen LogP contribution in [0.1, 0.15) is 43.3 Å². The van der Waals surface area contributed by atoms with Crippen molar-refractivity contribution in [2.75, 3.05) is 13.1 Å². The summed E-state index contributed by atoms with van der Waals surface area (Å²) < 4.78 is 5.30. The number of nitrogens with one attached hydrogen (secondary N) is 1. The molecule has 0 aromatic carbocycles. The minimum atomic E-state index is 0.449. The Hall–Kier alpha value is -0.900. The van der Waals surface area contributed by atoms with Crippen LogP contribution >= 0.6 is 0 Å². The summed E-state index contributed by atoms with van der Waals surface area (Å²) in [5.41, 5.74) is 0. The predicted molar refractivity (Wildman–Crippen MR) is 51.0 cm³/mol. The Morgan fingerprint density at radius 2 is 2.36 bits per heavy atom. The Morgan fingerprint density at radius 1 is 1.50 bits per heavy atom. The minimum Gasteiger partial charge on any atom is -0.339 e. The summed E-state index contributed by atoms with van der Waals surface area (Å²) in [6.07, 6.45) is 2.35. The van der Waals surface area contributed by atoms with Gasteiger partial charge in [-0.05, 0) is 25.3 Å². The Balaban J connectivity index is 1.76. The van der Waals surface area contributed by atoms with Gasteiger partial charge in [-0.3, -0.25) is 0 Å². The van der Waals surface area contributed by atoms with Gasteiger partial charge in [-0.1, -0.05) is 12.1 Å². The number of hydrogen-bond donors (Lipinski definition) is 1. The van der Waals surface area contributed by atoms with Gasteiger partial charge in [0.2, 0.25) is 5.89 Å². The van der Waals surface area contributed by atoms with Crippen LogP contribution < -0.4 is 5.32 Å². The SMILES string of the molecule is CC1CC1c1noc(C2CCNC2)n1. The maximum atomic E-state index is 5.30. The van der Waals surface area contributed by atoms with E-state index in [9.17, 15) is 0 Å². The third kappa shape index (κ3) is 1.34. The van der Waals surface area contributed by atoms with Crippen molar-refractivity contribution in [3.63, 3.8) is 0 Å². The molecular formula is C10H15N3O. The van der Waals surface area contributed by atoms with Crippen molar-refractivity contribution in [3.05, 3.63) is 11.7 Å². The first-order valence-electron chi connectivity index (χ1n) is 5.39. The summed E-state index contributed by atoms with van der Waals surface area (Å²) in [4.78, 5) is 4.49. The average molecular weight is 193 g/mol. The van der Waals surface area contributed by atoms with Crippen molar-refractivity contribution in [1.82, 2.24) is 15.5 Å². The summed E-state index contributed by atoms with van der Waals surface area (Å²) in [5.74, 6) is 3.54. The van der Waals surface area contributed by atoms with Gasteiger partial charge < -0.3 is 9.84 Å². The molecule has 0 spiro atoms. The highest BCUT2D eigenvalue weighted by atomic mass is 16.5. The van der Waals surface area contributed by atoms with E-state index in [1.807, 2.05) is 0 Å². The lowest BCUT2D eigenvalue weighted by Crippen LogP contribution is -2.08. The van der Waals surface area contributed by atoms with Crippen LogP contribution in [0.4, 0.5) is 0 Å². The van der Waals surface area contributed by atoms with E-state index in [2.05, 4.69) is 22.4 Å². The number of aromatic nitrogens is 2. The fraction of sp³-hybridized carbons (Fsp3) is 0.800. The van der Waals surface area contributed by atoms with Gasteiger partial charge in [0.25, 0.3) is 0 Å². The standard InChI is InChI=1S/C10H15N3O/c1-6-4-8(6)9-12-10(14-13-9)7-2-3-11-5-7/h6-8,11H,2-5H2,1H3. The Morgan fingerprint density at radius 3 is 3.00 bits per heavy atom. The van der Waals surface area contributed by atoms with E-state index in [0.717, 1.165) is 37.1 Å². The number of rotatable bonds is 2. The van der Waals surface area contributed by atoms with Crippen LogP contribution in [-0.4, -0.2) is 23.2 Å². The third-order valence-corrected chi connectivity index (χ3v) is 3.31. The first-order valence-corrected chi connectivity index (χ1v) is 5.39. The van der Waals surface area contributed by atoms with Crippen molar-refractivity contribution in [3.8, 4) is 0 Å². The lowest BCUT2D eigenvalue weighted by molar-refractivity contribution is 0.354. The van der Waals surface area contributed by atoms with Crippen molar-refractivity contribution < 1.29 is 4.52 Å². The van der Waals surface area contributed by atoms with E-state index in [-0.39, 0.29) is 0 Å². The molecule has 1 aliphatic carbocycles.